The number of hydrogen-bond donors (Lipinski definition) is 1. The summed E-state index contributed by atoms with van der Waals surface area (Å²) in [5.41, 5.74) is 8.29. The summed E-state index contributed by atoms with van der Waals surface area (Å²) in [6.45, 7) is 2.25. The second kappa shape index (κ2) is 10.8. The molecule has 3 nitrogen and oxygen atoms in total. The number of fused-ring (bicyclic) bond motifs is 3. The zero-order chi connectivity index (χ0) is 29.5. The lowest BCUT2D eigenvalue weighted by Gasteiger charge is -2.37. The van der Waals surface area contributed by atoms with Crippen molar-refractivity contribution in [2.24, 2.45) is 0 Å². The Morgan fingerprint density at radius 1 is 0.591 bits per heavy atom. The molecule has 1 N–H and O–H groups in total. The molecule has 0 aromatic heterocycles. The van der Waals surface area contributed by atoms with Crippen LogP contribution >= 0.6 is 0 Å². The van der Waals surface area contributed by atoms with Crippen LogP contribution in [0, 0.1) is 0 Å². The van der Waals surface area contributed by atoms with E-state index >= 15 is 0 Å². The van der Waals surface area contributed by atoms with E-state index in [1.54, 1.807) is 12.1 Å². The highest BCUT2D eigenvalue weighted by molar-refractivity contribution is 6.03. The lowest BCUT2D eigenvalue weighted by molar-refractivity contribution is 0.161. The van der Waals surface area contributed by atoms with E-state index in [0.29, 0.717) is 0 Å². The standard InChI is InChI=1S/C41H33NO2/c43-35-22-16-30(17-23-35)29-12-14-31(15-13-29)39-28-40-38(36-10-4-5-11-37(36)39)24-25-41(44-40,32-8-2-1-3-9-32)33-18-20-34(21-19-33)42-26-6-7-27-42/h1-5,8-25,28,43H,6-7,26-27H2. The van der Waals surface area contributed by atoms with E-state index in [4.69, 9.17) is 4.74 Å². The van der Waals surface area contributed by atoms with Crippen LogP contribution in [0.5, 0.6) is 11.5 Å². The van der Waals surface area contributed by atoms with Gasteiger partial charge in [0.05, 0.1) is 0 Å². The highest BCUT2D eigenvalue weighted by Gasteiger charge is 2.37. The number of hydrogen-bond acceptors (Lipinski definition) is 3. The molecule has 8 rings (SSSR count). The SMILES string of the molecule is Oc1ccc(-c2ccc(-c3cc4c(c5ccccc35)C=CC(c3ccccc3)(c3ccc(N5CCCC5)cc3)O4)cc2)cc1. The summed E-state index contributed by atoms with van der Waals surface area (Å²) in [4.78, 5) is 2.47. The van der Waals surface area contributed by atoms with E-state index in [-0.39, 0.29) is 5.75 Å². The van der Waals surface area contributed by atoms with Crippen molar-refractivity contribution < 1.29 is 9.84 Å². The van der Waals surface area contributed by atoms with E-state index < -0.39 is 5.60 Å². The molecule has 1 fully saturated rings. The zero-order valence-corrected chi connectivity index (χ0v) is 24.5. The predicted molar refractivity (Wildman–Crippen MR) is 181 cm³/mol. The summed E-state index contributed by atoms with van der Waals surface area (Å²) in [6, 6.07) is 46.3. The second-order valence-electron chi connectivity index (χ2n) is 11.8. The van der Waals surface area contributed by atoms with Crippen LogP contribution in [0.3, 0.4) is 0 Å². The van der Waals surface area contributed by atoms with Crippen LogP contribution in [0.4, 0.5) is 5.69 Å². The Bertz CT molecular complexity index is 1970. The van der Waals surface area contributed by atoms with Gasteiger partial charge in [0.1, 0.15) is 11.5 Å². The lowest BCUT2D eigenvalue weighted by Crippen LogP contribution is -2.34. The first-order valence-corrected chi connectivity index (χ1v) is 15.4. The number of ether oxygens (including phenoxy) is 1. The first-order valence-electron chi connectivity index (χ1n) is 15.4. The average Bonchev–Trinajstić information content (AvgIpc) is 3.64. The molecule has 2 heterocycles. The average molecular weight is 572 g/mol. The Morgan fingerprint density at radius 3 is 1.89 bits per heavy atom. The highest BCUT2D eigenvalue weighted by atomic mass is 16.5. The molecule has 3 heteroatoms. The van der Waals surface area contributed by atoms with Crippen LogP contribution in [-0.4, -0.2) is 18.2 Å². The first-order chi connectivity index (χ1) is 21.7. The number of aromatic hydroxyl groups is 1. The third kappa shape index (κ3) is 4.53. The number of phenols is 1. The van der Waals surface area contributed by atoms with Gasteiger partial charge in [-0.25, -0.2) is 0 Å². The van der Waals surface area contributed by atoms with Crippen molar-refractivity contribution in [3.05, 3.63) is 156 Å². The second-order valence-corrected chi connectivity index (χ2v) is 11.8. The van der Waals surface area contributed by atoms with Gasteiger partial charge in [-0.15, -0.1) is 0 Å². The van der Waals surface area contributed by atoms with E-state index in [1.165, 1.54) is 29.3 Å². The van der Waals surface area contributed by atoms with Crippen molar-refractivity contribution in [3.8, 4) is 33.8 Å². The molecule has 2 aliphatic heterocycles. The van der Waals surface area contributed by atoms with E-state index in [9.17, 15) is 5.11 Å². The van der Waals surface area contributed by atoms with E-state index in [0.717, 1.165) is 57.8 Å². The number of anilines is 1. The molecule has 1 saturated heterocycles. The summed E-state index contributed by atoms with van der Waals surface area (Å²) in [5, 5.41) is 12.1. The highest BCUT2D eigenvalue weighted by Crippen LogP contribution is 2.47. The van der Waals surface area contributed by atoms with Gasteiger partial charge in [-0.3, -0.25) is 0 Å². The fraction of sp³-hybridized carbons (Fsp3) is 0.122. The monoisotopic (exact) mass is 571 g/mol. The summed E-state index contributed by atoms with van der Waals surface area (Å²) >= 11 is 0. The maximum atomic E-state index is 9.71. The Hall–Kier alpha value is -5.28. The van der Waals surface area contributed by atoms with Gasteiger partial charge in [-0.1, -0.05) is 103 Å². The zero-order valence-electron chi connectivity index (χ0n) is 24.5. The van der Waals surface area contributed by atoms with Crippen molar-refractivity contribution in [3.63, 3.8) is 0 Å². The Morgan fingerprint density at radius 2 is 1.18 bits per heavy atom. The molecule has 44 heavy (non-hydrogen) atoms. The normalized spacial score (nSPS) is 17.4. The van der Waals surface area contributed by atoms with Gasteiger partial charge >= 0.3 is 0 Å². The summed E-state index contributed by atoms with van der Waals surface area (Å²) in [7, 11) is 0. The number of benzene rings is 6. The van der Waals surface area contributed by atoms with Gasteiger partial charge < -0.3 is 14.7 Å². The smallest absolute Gasteiger partial charge is 0.178 e. The van der Waals surface area contributed by atoms with Gasteiger partial charge in [0.2, 0.25) is 0 Å². The summed E-state index contributed by atoms with van der Waals surface area (Å²) < 4.78 is 7.21. The van der Waals surface area contributed by atoms with Gasteiger partial charge in [0.15, 0.2) is 5.60 Å². The van der Waals surface area contributed by atoms with Crippen molar-refractivity contribution in [1.82, 2.24) is 0 Å². The van der Waals surface area contributed by atoms with Crippen LogP contribution in [0.15, 0.2) is 140 Å². The van der Waals surface area contributed by atoms with Crippen LogP contribution in [0.2, 0.25) is 0 Å². The minimum Gasteiger partial charge on any atom is -0.508 e. The molecule has 2 aliphatic rings. The van der Waals surface area contributed by atoms with Gasteiger partial charge in [-0.2, -0.15) is 0 Å². The largest absolute Gasteiger partial charge is 0.508 e. The number of nitrogens with zero attached hydrogens (tertiary/aromatic N) is 1. The quantitative estimate of drug-likeness (QED) is 0.224. The molecule has 0 bridgehead atoms. The minimum absolute atomic E-state index is 0.272. The minimum atomic E-state index is -0.750. The molecule has 0 aliphatic carbocycles. The molecule has 0 radical (unpaired) electrons. The summed E-state index contributed by atoms with van der Waals surface area (Å²) in [6.07, 6.45) is 7.00. The predicted octanol–water partition coefficient (Wildman–Crippen LogP) is 9.83. The summed E-state index contributed by atoms with van der Waals surface area (Å²) in [5.74, 6) is 1.14. The fourth-order valence-electron chi connectivity index (χ4n) is 6.83. The van der Waals surface area contributed by atoms with Crippen LogP contribution in [0.1, 0.15) is 29.5 Å². The Kier molecular flexibility index (Phi) is 6.45. The van der Waals surface area contributed by atoms with Crippen LogP contribution in [-0.2, 0) is 5.60 Å². The van der Waals surface area contributed by atoms with Crippen molar-refractivity contribution in [1.29, 1.82) is 0 Å². The molecule has 6 aromatic carbocycles. The van der Waals surface area contributed by atoms with Gasteiger partial charge in [0, 0.05) is 35.5 Å². The molecule has 1 atom stereocenters. The number of rotatable bonds is 5. The molecule has 6 aromatic rings. The first kappa shape index (κ1) is 26.4. The molecular weight excluding hydrogens is 538 g/mol. The fourth-order valence-corrected chi connectivity index (χ4v) is 6.83. The Balaban J connectivity index is 1.24. The molecule has 1 unspecified atom stereocenters. The molecule has 0 saturated carbocycles. The van der Waals surface area contributed by atoms with Crippen molar-refractivity contribution in [2.45, 2.75) is 18.4 Å². The van der Waals surface area contributed by atoms with E-state index in [2.05, 4.69) is 126 Å². The lowest BCUT2D eigenvalue weighted by atomic mass is 9.82. The van der Waals surface area contributed by atoms with Crippen molar-refractivity contribution >= 4 is 22.5 Å². The van der Waals surface area contributed by atoms with Crippen LogP contribution < -0.4 is 9.64 Å². The topological polar surface area (TPSA) is 32.7 Å². The third-order valence-electron chi connectivity index (χ3n) is 9.17. The number of phenolic OH excluding ortho intramolecular Hbond substituents is 1. The maximum absolute atomic E-state index is 9.71. The molecule has 214 valence electrons. The maximum Gasteiger partial charge on any atom is 0.178 e. The third-order valence-corrected chi connectivity index (χ3v) is 9.17. The Labute approximate surface area is 258 Å². The van der Waals surface area contributed by atoms with Crippen molar-refractivity contribution in [2.75, 3.05) is 18.0 Å². The van der Waals surface area contributed by atoms with E-state index in [1.807, 2.05) is 12.1 Å². The molecule has 0 amide bonds. The van der Waals surface area contributed by atoms with Gasteiger partial charge in [-0.05, 0) is 88.4 Å². The molecular formula is C41H33NO2. The van der Waals surface area contributed by atoms with Gasteiger partial charge in [0.25, 0.3) is 0 Å². The van der Waals surface area contributed by atoms with Crippen LogP contribution in [0.25, 0.3) is 39.1 Å². The molecule has 0 spiro atoms.